The van der Waals surface area contributed by atoms with Crippen LogP contribution in [0.1, 0.15) is 21.6 Å². The van der Waals surface area contributed by atoms with Crippen molar-refractivity contribution in [3.63, 3.8) is 0 Å². The number of carbonyl (C=O) groups excluding carboxylic acids is 2. The van der Waals surface area contributed by atoms with Crippen LogP contribution in [0.25, 0.3) is 6.08 Å². The Kier molecular flexibility index (Phi) is 6.20. The summed E-state index contributed by atoms with van der Waals surface area (Å²) in [6.07, 6.45) is 3.64. The number of nitrogens with one attached hydrogen (secondary N) is 1. The summed E-state index contributed by atoms with van der Waals surface area (Å²) in [6, 6.07) is 20.3. The van der Waals surface area contributed by atoms with E-state index in [1.165, 1.54) is 0 Å². The monoisotopic (exact) mass is 449 g/mol. The predicted octanol–water partition coefficient (Wildman–Crippen LogP) is 4.15. The first-order valence-electron chi connectivity index (χ1n) is 9.48. The molecule has 0 atom stereocenters. The predicted molar refractivity (Wildman–Crippen MR) is 125 cm³/mol. The van der Waals surface area contributed by atoms with Crippen LogP contribution in [0.2, 0.25) is 0 Å². The smallest absolute Gasteiger partial charge is 0.285 e. The Morgan fingerprint density at radius 3 is 2.52 bits per heavy atom. The number of nitrogens with zero attached hydrogens (tertiary/aromatic N) is 2. The van der Waals surface area contributed by atoms with E-state index in [0.717, 1.165) is 28.0 Å². The zero-order chi connectivity index (χ0) is 21.8. The van der Waals surface area contributed by atoms with Gasteiger partial charge in [-0.3, -0.25) is 15.0 Å². The Hall–Kier alpha value is -3.36. The topological polar surface area (TPSA) is 63.6 Å². The molecule has 6 nitrogen and oxygen atoms in total. The van der Waals surface area contributed by atoms with Crippen LogP contribution < -0.4 is 10.2 Å². The fourth-order valence-corrected chi connectivity index (χ4v) is 4.10. The molecule has 3 aromatic rings. The van der Waals surface area contributed by atoms with Crippen LogP contribution in [0.5, 0.6) is 5.75 Å². The van der Waals surface area contributed by atoms with Gasteiger partial charge in [-0.15, -0.1) is 0 Å². The molecule has 0 radical (unpaired) electrons. The molecule has 2 amide bonds. The van der Waals surface area contributed by atoms with E-state index < -0.39 is 5.91 Å². The normalized spacial score (nSPS) is 14.9. The van der Waals surface area contributed by atoms with Crippen molar-refractivity contribution in [1.29, 1.82) is 0 Å². The molecular formula is C23H19N3O3S2. The van der Waals surface area contributed by atoms with E-state index in [9.17, 15) is 9.59 Å². The lowest BCUT2D eigenvalue weighted by molar-refractivity contribution is -0.123. The fourth-order valence-electron chi connectivity index (χ4n) is 2.93. The van der Waals surface area contributed by atoms with E-state index in [1.54, 1.807) is 30.3 Å². The Morgan fingerprint density at radius 1 is 1.10 bits per heavy atom. The zero-order valence-electron chi connectivity index (χ0n) is 16.6. The summed E-state index contributed by atoms with van der Waals surface area (Å²) >= 11 is 6.43. The van der Waals surface area contributed by atoms with E-state index >= 15 is 0 Å². The Balaban J connectivity index is 1.38. The molecule has 1 aliphatic rings. The van der Waals surface area contributed by atoms with E-state index in [-0.39, 0.29) is 10.2 Å². The van der Waals surface area contributed by atoms with Crippen molar-refractivity contribution >= 4 is 46.2 Å². The van der Waals surface area contributed by atoms with Crippen molar-refractivity contribution in [1.82, 2.24) is 15.0 Å². The molecule has 1 aromatic heterocycles. The van der Waals surface area contributed by atoms with Crippen molar-refractivity contribution in [2.45, 2.75) is 6.61 Å². The number of aryl methyl sites for hydroxylation is 1. The fraction of sp³-hybridized carbons (Fsp3) is 0.0870. The van der Waals surface area contributed by atoms with Crippen molar-refractivity contribution in [3.05, 3.63) is 94.7 Å². The third-order valence-electron chi connectivity index (χ3n) is 4.63. The van der Waals surface area contributed by atoms with Gasteiger partial charge in [0.15, 0.2) is 4.32 Å². The van der Waals surface area contributed by atoms with Crippen LogP contribution in [0.4, 0.5) is 0 Å². The molecule has 0 unspecified atom stereocenters. The number of carbonyl (C=O) groups is 2. The number of thiocarbonyl (C=S) groups is 1. The first kappa shape index (κ1) is 20.9. The Bertz CT molecular complexity index is 1150. The standard InChI is InChI=1S/C23H19N3O3S2/c1-25-13-5-8-18(25)14-20-22(28)26(23(30)31-20)24-21(27)17-9-11-19(12-10-17)29-15-16-6-3-2-4-7-16/h2-14H,15H2,1H3,(H,24,27)/b20-14+. The van der Waals surface area contributed by atoms with E-state index in [1.807, 2.05) is 60.3 Å². The summed E-state index contributed by atoms with van der Waals surface area (Å²) in [4.78, 5) is 25.8. The van der Waals surface area contributed by atoms with Gasteiger partial charge in [-0.1, -0.05) is 42.1 Å². The highest BCUT2D eigenvalue weighted by atomic mass is 32.2. The Labute approximate surface area is 189 Å². The van der Waals surface area contributed by atoms with Gasteiger partial charge in [0, 0.05) is 24.5 Å². The van der Waals surface area contributed by atoms with Crippen LogP contribution in [0.15, 0.2) is 77.8 Å². The number of hydrazine groups is 1. The van der Waals surface area contributed by atoms with Gasteiger partial charge in [0.2, 0.25) is 0 Å². The molecule has 0 bridgehead atoms. The van der Waals surface area contributed by atoms with Crippen LogP contribution in [0, 0.1) is 0 Å². The number of ether oxygens (including phenoxy) is 1. The van der Waals surface area contributed by atoms with Crippen molar-refractivity contribution < 1.29 is 14.3 Å². The second kappa shape index (κ2) is 9.20. The van der Waals surface area contributed by atoms with E-state index in [4.69, 9.17) is 17.0 Å². The average molecular weight is 450 g/mol. The molecule has 1 saturated heterocycles. The molecule has 4 rings (SSSR count). The third-order valence-corrected chi connectivity index (χ3v) is 5.94. The summed E-state index contributed by atoms with van der Waals surface area (Å²) in [5, 5.41) is 1.11. The number of amides is 2. The van der Waals surface area contributed by atoms with E-state index in [2.05, 4.69) is 5.43 Å². The lowest BCUT2D eigenvalue weighted by Gasteiger charge is -2.15. The molecular weight excluding hydrogens is 430 g/mol. The zero-order valence-corrected chi connectivity index (χ0v) is 18.3. The quantitative estimate of drug-likeness (QED) is 0.453. The minimum atomic E-state index is -0.425. The first-order chi connectivity index (χ1) is 15.0. The Morgan fingerprint density at radius 2 is 1.84 bits per heavy atom. The maximum Gasteiger partial charge on any atom is 0.285 e. The largest absolute Gasteiger partial charge is 0.489 e. The molecule has 8 heteroatoms. The lowest BCUT2D eigenvalue weighted by Crippen LogP contribution is -2.44. The van der Waals surface area contributed by atoms with Gasteiger partial charge in [-0.2, -0.15) is 5.01 Å². The van der Waals surface area contributed by atoms with Gasteiger partial charge in [-0.05, 0) is 60.3 Å². The SMILES string of the molecule is Cn1cccc1/C=C1/SC(=S)N(NC(=O)c2ccc(OCc3ccccc3)cc2)C1=O. The lowest BCUT2D eigenvalue weighted by atomic mass is 10.2. The molecule has 2 heterocycles. The van der Waals surface area contributed by atoms with Gasteiger partial charge in [0.25, 0.3) is 11.8 Å². The summed E-state index contributed by atoms with van der Waals surface area (Å²) in [7, 11) is 1.89. The highest BCUT2D eigenvalue weighted by Gasteiger charge is 2.34. The number of aromatic nitrogens is 1. The van der Waals surface area contributed by atoms with Gasteiger partial charge < -0.3 is 9.30 Å². The molecule has 1 N–H and O–H groups in total. The first-order valence-corrected chi connectivity index (χ1v) is 10.7. The van der Waals surface area contributed by atoms with Gasteiger partial charge in [0.05, 0.1) is 4.91 Å². The number of thioether (sulfide) groups is 1. The third kappa shape index (κ3) is 4.87. The highest BCUT2D eigenvalue weighted by Crippen LogP contribution is 2.31. The summed E-state index contributed by atoms with van der Waals surface area (Å²) in [5.41, 5.74) is 4.92. The van der Waals surface area contributed by atoms with E-state index in [0.29, 0.717) is 22.8 Å². The van der Waals surface area contributed by atoms with Crippen molar-refractivity contribution in [3.8, 4) is 5.75 Å². The number of hydrogen-bond acceptors (Lipinski definition) is 5. The van der Waals surface area contributed by atoms with Crippen LogP contribution in [-0.2, 0) is 18.4 Å². The average Bonchev–Trinajstić information content (AvgIpc) is 3.31. The molecule has 0 saturated carbocycles. The number of rotatable bonds is 6. The second-order valence-corrected chi connectivity index (χ2v) is 8.48. The summed E-state index contributed by atoms with van der Waals surface area (Å²) in [5.74, 6) is -0.130. The van der Waals surface area contributed by atoms with Crippen LogP contribution >= 0.6 is 24.0 Å². The van der Waals surface area contributed by atoms with Crippen molar-refractivity contribution in [2.75, 3.05) is 0 Å². The second-order valence-electron chi connectivity index (χ2n) is 6.80. The van der Waals surface area contributed by atoms with Gasteiger partial charge in [-0.25, -0.2) is 0 Å². The maximum atomic E-state index is 12.7. The highest BCUT2D eigenvalue weighted by molar-refractivity contribution is 8.26. The summed E-state index contributed by atoms with van der Waals surface area (Å²) < 4.78 is 7.91. The molecule has 156 valence electrons. The van der Waals surface area contributed by atoms with Gasteiger partial charge >= 0.3 is 0 Å². The van der Waals surface area contributed by atoms with Gasteiger partial charge in [0.1, 0.15) is 12.4 Å². The number of benzene rings is 2. The van der Waals surface area contributed by atoms with Crippen LogP contribution in [0.3, 0.4) is 0 Å². The van der Waals surface area contributed by atoms with Crippen molar-refractivity contribution in [2.24, 2.45) is 7.05 Å². The molecule has 0 aliphatic carbocycles. The minimum absolute atomic E-state index is 0.279. The molecule has 1 aliphatic heterocycles. The van der Waals surface area contributed by atoms with Crippen LogP contribution in [-0.4, -0.2) is 25.7 Å². The molecule has 0 spiro atoms. The number of hydrogen-bond donors (Lipinski definition) is 1. The maximum absolute atomic E-state index is 12.7. The molecule has 1 fully saturated rings. The minimum Gasteiger partial charge on any atom is -0.489 e. The molecule has 31 heavy (non-hydrogen) atoms. The summed E-state index contributed by atoms with van der Waals surface area (Å²) in [6.45, 7) is 0.441. The molecule has 2 aromatic carbocycles.